The van der Waals surface area contributed by atoms with Gasteiger partial charge in [0.05, 0.1) is 12.1 Å². The fraction of sp³-hybridized carbons (Fsp3) is 0.429. The van der Waals surface area contributed by atoms with Gasteiger partial charge in [0.25, 0.3) is 5.91 Å². The lowest BCUT2D eigenvalue weighted by molar-refractivity contribution is -0.131. The summed E-state index contributed by atoms with van der Waals surface area (Å²) in [6.45, 7) is -0.477. The fourth-order valence-electron chi connectivity index (χ4n) is 2.77. The van der Waals surface area contributed by atoms with Crippen molar-refractivity contribution in [2.24, 2.45) is 0 Å². The molecule has 5 nitrogen and oxygen atoms in total. The molecule has 3 rings (SSSR count). The Morgan fingerprint density at radius 1 is 1.36 bits per heavy atom. The number of hydrogen-bond acceptors (Lipinski definition) is 4. The minimum absolute atomic E-state index is 0.446. The Balaban J connectivity index is 1.81. The second-order valence-electron chi connectivity index (χ2n) is 5.38. The molecule has 2 atom stereocenters. The molecule has 1 aromatic rings. The van der Waals surface area contributed by atoms with Crippen molar-refractivity contribution in [1.29, 1.82) is 0 Å². The van der Waals surface area contributed by atoms with Gasteiger partial charge in [0, 0.05) is 5.75 Å². The number of aliphatic hydroxyl groups excluding tert-OH is 1. The van der Waals surface area contributed by atoms with E-state index in [1.807, 2.05) is 0 Å². The highest BCUT2D eigenvalue weighted by Gasteiger charge is 2.53. The van der Waals surface area contributed by atoms with Crippen molar-refractivity contribution in [1.82, 2.24) is 10.2 Å². The lowest BCUT2D eigenvalue weighted by Crippen LogP contribution is -2.47. The maximum absolute atomic E-state index is 13.7. The number of thioether (sulfide) groups is 1. The third-order valence-corrected chi connectivity index (χ3v) is 5.15. The van der Waals surface area contributed by atoms with Gasteiger partial charge >= 0.3 is 6.03 Å². The van der Waals surface area contributed by atoms with Gasteiger partial charge in [-0.15, -0.1) is 0 Å². The van der Waals surface area contributed by atoms with E-state index in [0.717, 1.165) is 22.8 Å². The summed E-state index contributed by atoms with van der Waals surface area (Å²) in [6.07, 6.45) is -1.09. The number of nitrogens with one attached hydrogen (secondary N) is 1. The van der Waals surface area contributed by atoms with Gasteiger partial charge in [-0.3, -0.25) is 9.69 Å². The van der Waals surface area contributed by atoms with Crippen molar-refractivity contribution >= 4 is 23.7 Å². The number of carbonyl (C=O) groups is 2. The van der Waals surface area contributed by atoms with E-state index in [1.165, 1.54) is 6.07 Å². The molecule has 118 valence electrons. The third-order valence-electron chi connectivity index (χ3n) is 3.96. The molecule has 0 aromatic heterocycles. The van der Waals surface area contributed by atoms with Crippen LogP contribution >= 0.6 is 11.8 Å². The largest absolute Gasteiger partial charge is 0.386 e. The minimum Gasteiger partial charge on any atom is -0.386 e. The van der Waals surface area contributed by atoms with Crippen LogP contribution in [-0.4, -0.2) is 45.5 Å². The van der Waals surface area contributed by atoms with Gasteiger partial charge in [-0.05, 0) is 24.3 Å². The summed E-state index contributed by atoms with van der Waals surface area (Å²) in [6, 6.07) is 2.58. The summed E-state index contributed by atoms with van der Waals surface area (Å²) in [5, 5.41) is 12.7. The zero-order valence-electron chi connectivity index (χ0n) is 11.5. The fourth-order valence-corrected chi connectivity index (χ4v) is 4.09. The molecule has 0 radical (unpaired) electrons. The van der Waals surface area contributed by atoms with Crippen molar-refractivity contribution in [3.63, 3.8) is 0 Å². The Morgan fingerprint density at radius 3 is 2.64 bits per heavy atom. The average Bonchev–Trinajstić information content (AvgIpc) is 3.00. The zero-order chi connectivity index (χ0) is 15.9. The van der Waals surface area contributed by atoms with Crippen LogP contribution in [0.2, 0.25) is 0 Å². The van der Waals surface area contributed by atoms with Crippen LogP contribution in [0.4, 0.5) is 13.6 Å². The van der Waals surface area contributed by atoms with E-state index in [4.69, 9.17) is 0 Å². The Bertz CT molecular complexity index is 614. The standard InChI is InChI=1S/C14H14F2N2O3S/c15-8-2-1-3-9(16)11(8)10(19)6-18-12(20)14(17-13(18)21)4-5-22-7-14/h1-3,10,19H,4-7H2,(H,17,21). The summed E-state index contributed by atoms with van der Waals surface area (Å²) in [5.41, 5.74) is -1.47. The molecule has 2 saturated heterocycles. The maximum atomic E-state index is 13.7. The second kappa shape index (κ2) is 5.51. The van der Waals surface area contributed by atoms with Crippen LogP contribution in [0.3, 0.4) is 0 Å². The molecule has 2 unspecified atom stereocenters. The van der Waals surface area contributed by atoms with E-state index >= 15 is 0 Å². The molecule has 1 spiro atoms. The highest BCUT2D eigenvalue weighted by molar-refractivity contribution is 7.99. The van der Waals surface area contributed by atoms with Crippen molar-refractivity contribution in [3.05, 3.63) is 35.4 Å². The molecule has 1 aromatic carbocycles. The Labute approximate surface area is 129 Å². The smallest absolute Gasteiger partial charge is 0.325 e. The number of β-amino-alcohol motifs (C(OH)–C–C–N with tert-alkyl or cyclic N) is 1. The first-order valence-corrected chi connectivity index (χ1v) is 7.94. The number of carbonyl (C=O) groups excluding carboxylic acids is 2. The topological polar surface area (TPSA) is 69.6 Å². The second-order valence-corrected chi connectivity index (χ2v) is 6.49. The van der Waals surface area contributed by atoms with E-state index in [2.05, 4.69) is 5.32 Å². The molecule has 22 heavy (non-hydrogen) atoms. The Hall–Kier alpha value is -1.67. The lowest BCUT2D eigenvalue weighted by atomic mass is 9.99. The number of urea groups is 1. The molecule has 2 N–H and O–H groups in total. The van der Waals surface area contributed by atoms with Gasteiger partial charge in [0.2, 0.25) is 0 Å². The van der Waals surface area contributed by atoms with Crippen LogP contribution in [0.5, 0.6) is 0 Å². The number of aliphatic hydroxyl groups is 1. The summed E-state index contributed by atoms with van der Waals surface area (Å²) in [7, 11) is 0. The lowest BCUT2D eigenvalue weighted by Gasteiger charge is -2.21. The molecule has 3 amide bonds. The van der Waals surface area contributed by atoms with Crippen LogP contribution in [0.25, 0.3) is 0 Å². The first kappa shape index (κ1) is 15.2. The number of nitrogens with zero attached hydrogens (tertiary/aromatic N) is 1. The van der Waals surface area contributed by atoms with Gasteiger partial charge in [-0.25, -0.2) is 13.6 Å². The summed E-state index contributed by atoms with van der Waals surface area (Å²) < 4.78 is 27.3. The van der Waals surface area contributed by atoms with Gasteiger partial charge in [0.15, 0.2) is 0 Å². The average molecular weight is 328 g/mol. The third kappa shape index (κ3) is 2.36. The van der Waals surface area contributed by atoms with Gasteiger partial charge < -0.3 is 10.4 Å². The monoisotopic (exact) mass is 328 g/mol. The Morgan fingerprint density at radius 2 is 2.05 bits per heavy atom. The van der Waals surface area contributed by atoms with Crippen LogP contribution in [0.1, 0.15) is 18.1 Å². The molecule has 2 aliphatic heterocycles. The molecule has 0 saturated carbocycles. The van der Waals surface area contributed by atoms with Gasteiger partial charge in [-0.2, -0.15) is 11.8 Å². The van der Waals surface area contributed by atoms with E-state index in [9.17, 15) is 23.5 Å². The first-order valence-electron chi connectivity index (χ1n) is 6.78. The quantitative estimate of drug-likeness (QED) is 0.824. The zero-order valence-corrected chi connectivity index (χ0v) is 12.3. The number of benzene rings is 1. The summed E-state index contributed by atoms with van der Waals surface area (Å²) in [4.78, 5) is 25.2. The van der Waals surface area contributed by atoms with Crippen LogP contribution < -0.4 is 5.32 Å². The van der Waals surface area contributed by atoms with Crippen molar-refractivity contribution in [2.45, 2.75) is 18.1 Å². The van der Waals surface area contributed by atoms with E-state index in [1.54, 1.807) is 11.8 Å². The summed E-state index contributed by atoms with van der Waals surface area (Å²) in [5.74, 6) is -1.04. The molecule has 2 heterocycles. The molecule has 2 fully saturated rings. The number of hydrogen-bond donors (Lipinski definition) is 2. The van der Waals surface area contributed by atoms with E-state index < -0.39 is 47.3 Å². The van der Waals surface area contributed by atoms with Gasteiger partial charge in [0.1, 0.15) is 23.3 Å². The van der Waals surface area contributed by atoms with Crippen molar-refractivity contribution in [2.75, 3.05) is 18.1 Å². The molecule has 8 heteroatoms. The van der Waals surface area contributed by atoms with Crippen LogP contribution in [0.15, 0.2) is 18.2 Å². The normalized spacial score (nSPS) is 25.9. The maximum Gasteiger partial charge on any atom is 0.325 e. The van der Waals surface area contributed by atoms with Crippen molar-refractivity contribution < 1.29 is 23.5 Å². The molecular formula is C14H14F2N2O3S. The molecule has 0 aliphatic carbocycles. The highest BCUT2D eigenvalue weighted by Crippen LogP contribution is 2.34. The SMILES string of the molecule is O=C1NC2(CCSC2)C(=O)N1CC(O)c1c(F)cccc1F. The Kier molecular flexibility index (Phi) is 3.82. The highest BCUT2D eigenvalue weighted by atomic mass is 32.2. The predicted molar refractivity (Wildman–Crippen MR) is 76.2 cm³/mol. The number of halogens is 2. The van der Waals surface area contributed by atoms with Gasteiger partial charge in [-0.1, -0.05) is 6.07 Å². The van der Waals surface area contributed by atoms with Crippen LogP contribution in [-0.2, 0) is 4.79 Å². The number of amides is 3. The van der Waals surface area contributed by atoms with Crippen LogP contribution in [0, 0.1) is 11.6 Å². The molecule has 2 aliphatic rings. The van der Waals surface area contributed by atoms with E-state index in [-0.39, 0.29) is 0 Å². The van der Waals surface area contributed by atoms with Crippen molar-refractivity contribution in [3.8, 4) is 0 Å². The molecular weight excluding hydrogens is 314 g/mol. The molecule has 0 bridgehead atoms. The number of imide groups is 1. The summed E-state index contributed by atoms with van der Waals surface area (Å²) >= 11 is 1.55. The first-order chi connectivity index (χ1) is 10.4. The van der Waals surface area contributed by atoms with E-state index in [0.29, 0.717) is 12.2 Å². The minimum atomic E-state index is -1.61. The predicted octanol–water partition coefficient (Wildman–Crippen LogP) is 1.43. The number of rotatable bonds is 3.